The van der Waals surface area contributed by atoms with Crippen molar-refractivity contribution in [3.8, 4) is 5.75 Å². The van der Waals surface area contributed by atoms with Crippen molar-refractivity contribution in [1.82, 2.24) is 0 Å². The van der Waals surface area contributed by atoms with Crippen molar-refractivity contribution in [2.24, 2.45) is 4.99 Å². The molecule has 0 atom stereocenters. The second-order valence-corrected chi connectivity index (χ2v) is 2.88. The molecule has 1 aromatic carbocycles. The highest BCUT2D eigenvalue weighted by Gasteiger charge is 1.99. The zero-order valence-corrected chi connectivity index (χ0v) is 8.45. The predicted octanol–water partition coefficient (Wildman–Crippen LogP) is 2.56. The van der Waals surface area contributed by atoms with Gasteiger partial charge in [-0.15, -0.1) is 0 Å². The predicted molar refractivity (Wildman–Crippen MR) is 60.4 cm³/mol. The summed E-state index contributed by atoms with van der Waals surface area (Å²) in [5.74, 6) is 0.734. The zero-order chi connectivity index (χ0) is 10.6. The van der Waals surface area contributed by atoms with E-state index < -0.39 is 0 Å². The van der Waals surface area contributed by atoms with Crippen LogP contribution in [0.3, 0.4) is 0 Å². The molecule has 0 aliphatic rings. The summed E-state index contributed by atoms with van der Waals surface area (Å²) in [5, 5.41) is 0. The molecule has 0 bridgehead atoms. The van der Waals surface area contributed by atoms with E-state index in [-0.39, 0.29) is 0 Å². The Morgan fingerprint density at radius 1 is 1.57 bits per heavy atom. The third kappa shape index (κ3) is 2.36. The number of allylic oxidation sites excluding steroid dienone is 1. The van der Waals surface area contributed by atoms with Gasteiger partial charge in [-0.1, -0.05) is 6.58 Å². The standard InChI is InChI=1S/C11H14N2O/c1-4-8(2)13-11-6-5-9(14-3)7-10(11)12/h4-7H,1,12H2,2-3H3/b13-8-. The van der Waals surface area contributed by atoms with Crippen LogP contribution in [0, 0.1) is 0 Å². The smallest absolute Gasteiger partial charge is 0.121 e. The molecule has 0 aliphatic heterocycles. The summed E-state index contributed by atoms with van der Waals surface area (Å²) in [6, 6.07) is 5.39. The molecule has 0 fully saturated rings. The lowest BCUT2D eigenvalue weighted by Crippen LogP contribution is -1.90. The molecule has 0 radical (unpaired) electrons. The van der Waals surface area contributed by atoms with E-state index in [1.54, 1.807) is 19.3 Å². The van der Waals surface area contributed by atoms with Gasteiger partial charge in [0.25, 0.3) is 0 Å². The summed E-state index contributed by atoms with van der Waals surface area (Å²) in [5.41, 5.74) is 7.96. The van der Waals surface area contributed by atoms with Crippen LogP contribution in [0.1, 0.15) is 6.92 Å². The molecule has 2 N–H and O–H groups in total. The van der Waals surface area contributed by atoms with E-state index in [2.05, 4.69) is 11.6 Å². The fourth-order valence-corrected chi connectivity index (χ4v) is 0.997. The lowest BCUT2D eigenvalue weighted by atomic mass is 10.2. The molecule has 0 saturated heterocycles. The number of hydrogen-bond donors (Lipinski definition) is 1. The maximum Gasteiger partial charge on any atom is 0.121 e. The van der Waals surface area contributed by atoms with Gasteiger partial charge in [0.1, 0.15) is 5.75 Å². The first kappa shape index (κ1) is 10.3. The van der Waals surface area contributed by atoms with Crippen LogP contribution in [0.2, 0.25) is 0 Å². The highest BCUT2D eigenvalue weighted by atomic mass is 16.5. The molecule has 3 nitrogen and oxygen atoms in total. The van der Waals surface area contributed by atoms with Crippen LogP contribution >= 0.6 is 0 Å². The Morgan fingerprint density at radius 2 is 2.29 bits per heavy atom. The highest BCUT2D eigenvalue weighted by molar-refractivity contribution is 5.95. The lowest BCUT2D eigenvalue weighted by molar-refractivity contribution is 0.415. The molecule has 74 valence electrons. The molecule has 1 aromatic rings. The number of hydrogen-bond acceptors (Lipinski definition) is 3. The van der Waals surface area contributed by atoms with E-state index in [9.17, 15) is 0 Å². The van der Waals surface area contributed by atoms with Crippen molar-refractivity contribution in [1.29, 1.82) is 0 Å². The molecule has 0 amide bonds. The minimum absolute atomic E-state index is 0.602. The van der Waals surface area contributed by atoms with Gasteiger partial charge in [0.05, 0.1) is 18.5 Å². The summed E-state index contributed by atoms with van der Waals surface area (Å²) in [4.78, 5) is 4.27. The van der Waals surface area contributed by atoms with E-state index in [4.69, 9.17) is 10.5 Å². The number of anilines is 1. The molecule has 0 unspecified atom stereocenters. The summed E-state index contributed by atoms with van der Waals surface area (Å²) >= 11 is 0. The number of nitrogens with zero attached hydrogens (tertiary/aromatic N) is 1. The Balaban J connectivity index is 3.06. The van der Waals surface area contributed by atoms with Crippen LogP contribution < -0.4 is 10.5 Å². The average Bonchev–Trinajstić information content (AvgIpc) is 2.20. The molecule has 0 saturated carbocycles. The molecule has 1 rings (SSSR count). The minimum atomic E-state index is 0.602. The topological polar surface area (TPSA) is 47.6 Å². The monoisotopic (exact) mass is 190 g/mol. The van der Waals surface area contributed by atoms with Crippen LogP contribution in [-0.4, -0.2) is 12.8 Å². The van der Waals surface area contributed by atoms with E-state index in [1.807, 2.05) is 19.1 Å². The van der Waals surface area contributed by atoms with Gasteiger partial charge in [-0.3, -0.25) is 4.99 Å². The fourth-order valence-electron chi connectivity index (χ4n) is 0.997. The average molecular weight is 190 g/mol. The molecule has 0 spiro atoms. The molecule has 0 heterocycles. The maximum absolute atomic E-state index is 5.78. The Bertz CT molecular complexity index is 370. The molecule has 0 aromatic heterocycles. The van der Waals surface area contributed by atoms with Crippen molar-refractivity contribution in [2.75, 3.05) is 12.8 Å². The van der Waals surface area contributed by atoms with E-state index >= 15 is 0 Å². The van der Waals surface area contributed by atoms with E-state index in [0.717, 1.165) is 17.1 Å². The van der Waals surface area contributed by atoms with Gasteiger partial charge < -0.3 is 10.5 Å². The van der Waals surface area contributed by atoms with E-state index in [0.29, 0.717) is 5.69 Å². The van der Waals surface area contributed by atoms with Crippen LogP contribution in [0.5, 0.6) is 5.75 Å². The second-order valence-electron chi connectivity index (χ2n) is 2.88. The number of aliphatic imine (C=N–C) groups is 1. The van der Waals surface area contributed by atoms with Gasteiger partial charge in [0.2, 0.25) is 0 Å². The number of rotatable bonds is 3. The minimum Gasteiger partial charge on any atom is -0.497 e. The van der Waals surface area contributed by atoms with Crippen LogP contribution in [-0.2, 0) is 0 Å². The van der Waals surface area contributed by atoms with Crippen molar-refractivity contribution in [3.63, 3.8) is 0 Å². The molecular formula is C11H14N2O. The summed E-state index contributed by atoms with van der Waals surface area (Å²) in [6.07, 6.45) is 1.68. The largest absolute Gasteiger partial charge is 0.497 e. The Labute approximate surface area is 83.9 Å². The molecule has 3 heteroatoms. The summed E-state index contributed by atoms with van der Waals surface area (Å²) in [6.45, 7) is 5.50. The quantitative estimate of drug-likeness (QED) is 0.588. The lowest BCUT2D eigenvalue weighted by Gasteiger charge is -2.04. The first-order valence-electron chi connectivity index (χ1n) is 4.28. The number of nitrogens with two attached hydrogens (primary N) is 1. The molecular weight excluding hydrogens is 176 g/mol. The third-order valence-electron chi connectivity index (χ3n) is 1.83. The van der Waals surface area contributed by atoms with Crippen molar-refractivity contribution in [3.05, 3.63) is 30.9 Å². The first-order valence-corrected chi connectivity index (χ1v) is 4.28. The molecule has 14 heavy (non-hydrogen) atoms. The maximum atomic E-state index is 5.78. The number of benzene rings is 1. The van der Waals surface area contributed by atoms with Gasteiger partial charge in [0, 0.05) is 11.8 Å². The number of nitrogen functional groups attached to an aromatic ring is 1. The van der Waals surface area contributed by atoms with Gasteiger partial charge in [0.15, 0.2) is 0 Å². The van der Waals surface area contributed by atoms with Crippen molar-refractivity contribution < 1.29 is 4.74 Å². The SMILES string of the molecule is C=C/C(C)=N\c1ccc(OC)cc1N. The Hall–Kier alpha value is -1.77. The number of ether oxygens (including phenoxy) is 1. The highest BCUT2D eigenvalue weighted by Crippen LogP contribution is 2.26. The van der Waals surface area contributed by atoms with Crippen LogP contribution in [0.4, 0.5) is 11.4 Å². The second kappa shape index (κ2) is 4.46. The summed E-state index contributed by atoms with van der Waals surface area (Å²) < 4.78 is 5.03. The van der Waals surface area contributed by atoms with Crippen LogP contribution in [0.15, 0.2) is 35.8 Å². The van der Waals surface area contributed by atoms with Gasteiger partial charge in [-0.05, 0) is 25.1 Å². The third-order valence-corrected chi connectivity index (χ3v) is 1.83. The van der Waals surface area contributed by atoms with Crippen molar-refractivity contribution in [2.45, 2.75) is 6.92 Å². The number of methoxy groups -OCH3 is 1. The van der Waals surface area contributed by atoms with Crippen LogP contribution in [0.25, 0.3) is 0 Å². The van der Waals surface area contributed by atoms with E-state index in [1.165, 1.54) is 0 Å². The normalized spacial score (nSPS) is 11.1. The Morgan fingerprint density at radius 3 is 2.79 bits per heavy atom. The summed E-state index contributed by atoms with van der Waals surface area (Å²) in [7, 11) is 1.60. The fraction of sp³-hybridized carbons (Fsp3) is 0.182. The zero-order valence-electron chi connectivity index (χ0n) is 8.45. The van der Waals surface area contributed by atoms with Gasteiger partial charge in [-0.2, -0.15) is 0 Å². The van der Waals surface area contributed by atoms with Gasteiger partial charge >= 0.3 is 0 Å². The van der Waals surface area contributed by atoms with Crippen molar-refractivity contribution >= 4 is 17.1 Å². The molecule has 0 aliphatic carbocycles. The van der Waals surface area contributed by atoms with Gasteiger partial charge in [-0.25, -0.2) is 0 Å². The first-order chi connectivity index (χ1) is 6.67. The Kier molecular flexibility index (Phi) is 3.29.